The van der Waals surface area contributed by atoms with Crippen LogP contribution in [0.2, 0.25) is 0 Å². The summed E-state index contributed by atoms with van der Waals surface area (Å²) in [6, 6.07) is 33.3. The van der Waals surface area contributed by atoms with E-state index in [-0.39, 0.29) is 18.0 Å². The second kappa shape index (κ2) is 23.3. The molecule has 1 aliphatic rings. The lowest BCUT2D eigenvalue weighted by molar-refractivity contribution is -0.234. The maximum absolute atomic E-state index is 13.6. The molecular weight excluding hydrogens is 828 g/mol. The Morgan fingerprint density at radius 2 is 1.38 bits per heavy atom. The first-order valence-corrected chi connectivity index (χ1v) is 22.2. The van der Waals surface area contributed by atoms with Crippen molar-refractivity contribution in [1.29, 1.82) is 0 Å². The zero-order valence-electron chi connectivity index (χ0n) is 36.7. The van der Waals surface area contributed by atoms with E-state index in [0.717, 1.165) is 11.0 Å². The number of aromatic nitrogens is 2. The second-order valence-electron chi connectivity index (χ2n) is 14.5. The minimum Gasteiger partial charge on any atom is -0.497 e. The van der Waals surface area contributed by atoms with E-state index in [2.05, 4.69) is 30.7 Å². The summed E-state index contributed by atoms with van der Waals surface area (Å²) in [6.45, 7) is 11.7. The van der Waals surface area contributed by atoms with Gasteiger partial charge in [-0.3, -0.25) is 9.09 Å². The summed E-state index contributed by atoms with van der Waals surface area (Å²) in [7, 11) is -0.697. The molecule has 1 aliphatic heterocycles. The molecule has 3 N–H and O–H groups in total. The number of aliphatic hydroxyl groups is 1. The van der Waals surface area contributed by atoms with E-state index in [1.54, 1.807) is 56.7 Å². The molecule has 63 heavy (non-hydrogen) atoms. The van der Waals surface area contributed by atoms with Gasteiger partial charge in [-0.2, -0.15) is 4.98 Å². The quantitative estimate of drug-likeness (QED) is 0.0345. The first kappa shape index (κ1) is 48.6. The van der Waals surface area contributed by atoms with E-state index in [4.69, 9.17) is 38.5 Å². The number of nitrogens with two attached hydrogens (primary N) is 1. The van der Waals surface area contributed by atoms with Gasteiger partial charge in [0, 0.05) is 12.8 Å². The summed E-state index contributed by atoms with van der Waals surface area (Å²) in [4.78, 5) is 32.4. The van der Waals surface area contributed by atoms with Gasteiger partial charge in [0.1, 0.15) is 29.0 Å². The predicted octanol–water partition coefficient (Wildman–Crippen LogP) is 7.23. The van der Waals surface area contributed by atoms with Crippen LogP contribution in [0.15, 0.2) is 126 Å². The minimum atomic E-state index is -3.83. The molecule has 0 aliphatic carbocycles. The fourth-order valence-corrected chi connectivity index (χ4v) is 8.03. The first-order chi connectivity index (χ1) is 30.5. The number of nitrogen functional groups attached to an aromatic ring is 1. The maximum atomic E-state index is 13.6. The van der Waals surface area contributed by atoms with Gasteiger partial charge in [-0.1, -0.05) is 107 Å². The van der Waals surface area contributed by atoms with Gasteiger partial charge in [-0.05, 0) is 85.2 Å². The number of nitrogens with zero attached hydrogens (tertiary/aromatic N) is 3. The number of carbonyl (C=O) groups excluding carboxylic acids is 1. The molecule has 338 valence electrons. The third kappa shape index (κ3) is 11.8. The Bertz CT molecular complexity index is 2190. The standard InChI is InChI=1S/C41H44N3O11P.C6H15N/c1-4-5-26-51-36-37(44-25-24-35(42)43-39(44)46)53-34(41(36,47)55-56(48)54-38(45)28-12-8-6-9-13-28)27-52-40(29-14-10-7-11-15-29,30-16-20-32(49-2)21-17-30)31-18-22-33(50-3)23-19-31;1-4-7(5-2)6-3/h6-25,34,36-37,47,56H,4-5,26-27H2,1-3H3,(H2,42,43,46);4-6H2,1-3H3/t34-,36+,37-,41-;/m1./s1. The molecule has 2 heterocycles. The molecule has 16 heteroatoms. The number of benzene rings is 4. The molecule has 0 saturated carbocycles. The van der Waals surface area contributed by atoms with Crippen molar-refractivity contribution in [3.63, 3.8) is 0 Å². The van der Waals surface area contributed by atoms with Crippen LogP contribution in [0.5, 0.6) is 11.5 Å². The lowest BCUT2D eigenvalue weighted by Gasteiger charge is -2.38. The lowest BCUT2D eigenvalue weighted by atomic mass is 9.80. The zero-order chi connectivity index (χ0) is 45.4. The SMILES string of the molecule is CCCCO[C@H]1[C@H](n2ccc(N)nc2=O)O[C@H](COC(c2ccccc2)(c2ccc(OC)cc2)c2ccc(OC)cc2)[C@@]1(O)O[PH](=O)OC(=O)c1ccccc1.CCN(CC)CC. The average molecular weight is 887 g/mol. The van der Waals surface area contributed by atoms with Crippen molar-refractivity contribution in [2.75, 3.05) is 52.8 Å². The highest BCUT2D eigenvalue weighted by Gasteiger charge is 2.61. The van der Waals surface area contributed by atoms with Crippen LogP contribution in [0.4, 0.5) is 5.82 Å². The molecule has 0 bridgehead atoms. The van der Waals surface area contributed by atoms with Gasteiger partial charge in [0.2, 0.25) is 5.79 Å². The molecule has 5 aromatic rings. The smallest absolute Gasteiger partial charge is 0.372 e. The van der Waals surface area contributed by atoms with E-state index < -0.39 is 56.3 Å². The van der Waals surface area contributed by atoms with Gasteiger partial charge in [-0.15, -0.1) is 0 Å². The Balaban J connectivity index is 0.000000985. The number of hydrogen-bond acceptors (Lipinski definition) is 14. The molecule has 6 rings (SSSR count). The van der Waals surface area contributed by atoms with Crippen LogP contribution in [0.3, 0.4) is 0 Å². The molecule has 0 radical (unpaired) electrons. The van der Waals surface area contributed by atoms with Crippen molar-refractivity contribution in [3.05, 3.63) is 154 Å². The normalized spacial score (nSPS) is 18.9. The van der Waals surface area contributed by atoms with Crippen molar-refractivity contribution >= 4 is 20.0 Å². The van der Waals surface area contributed by atoms with Crippen molar-refractivity contribution in [2.24, 2.45) is 0 Å². The maximum Gasteiger partial charge on any atom is 0.372 e. The van der Waals surface area contributed by atoms with E-state index in [1.807, 2.05) is 61.5 Å². The highest BCUT2D eigenvalue weighted by Crippen LogP contribution is 2.48. The molecule has 15 nitrogen and oxygen atoms in total. The van der Waals surface area contributed by atoms with E-state index >= 15 is 0 Å². The summed E-state index contributed by atoms with van der Waals surface area (Å²) in [5, 5.41) is 12.7. The molecule has 1 saturated heterocycles. The molecule has 1 unspecified atom stereocenters. The number of unbranched alkanes of at least 4 members (excludes halogenated alkanes) is 1. The highest BCUT2D eigenvalue weighted by molar-refractivity contribution is 7.34. The molecule has 0 amide bonds. The van der Waals surface area contributed by atoms with Crippen molar-refractivity contribution in [3.8, 4) is 11.5 Å². The number of rotatable bonds is 20. The number of carbonyl (C=O) groups is 1. The molecule has 4 aromatic carbocycles. The third-order valence-electron chi connectivity index (χ3n) is 10.8. The van der Waals surface area contributed by atoms with Gasteiger partial charge in [0.15, 0.2) is 12.3 Å². The fraction of sp³-hybridized carbons (Fsp3) is 0.383. The molecule has 0 spiro atoms. The van der Waals surface area contributed by atoms with Gasteiger partial charge in [0.05, 0.1) is 26.4 Å². The van der Waals surface area contributed by atoms with Crippen LogP contribution in [-0.4, -0.2) is 90.6 Å². The Morgan fingerprint density at radius 1 is 0.841 bits per heavy atom. The second-order valence-corrected chi connectivity index (χ2v) is 15.4. The Morgan fingerprint density at radius 3 is 1.87 bits per heavy atom. The van der Waals surface area contributed by atoms with Crippen molar-refractivity contribution < 1.29 is 47.2 Å². The first-order valence-electron chi connectivity index (χ1n) is 21.0. The number of ether oxygens (including phenoxy) is 5. The summed E-state index contributed by atoms with van der Waals surface area (Å²) in [5.41, 5.74) is 5.78. The van der Waals surface area contributed by atoms with Gasteiger partial charge in [0.25, 0.3) is 0 Å². The Hall–Kier alpha value is -5.38. The van der Waals surface area contributed by atoms with Crippen LogP contribution in [0.1, 0.15) is 73.8 Å². The predicted molar refractivity (Wildman–Crippen MR) is 240 cm³/mol. The summed E-state index contributed by atoms with van der Waals surface area (Å²) in [5.74, 6) is -2.39. The van der Waals surface area contributed by atoms with Gasteiger partial charge >= 0.3 is 19.9 Å². The number of hydrogen-bond donors (Lipinski definition) is 2. The summed E-state index contributed by atoms with van der Waals surface area (Å²) >= 11 is 0. The Labute approximate surface area is 369 Å². The molecular formula is C47H59N4O11P. The van der Waals surface area contributed by atoms with Crippen LogP contribution < -0.4 is 20.9 Å². The van der Waals surface area contributed by atoms with Crippen molar-refractivity contribution in [2.45, 2.75) is 70.4 Å². The lowest BCUT2D eigenvalue weighted by Crippen LogP contribution is -2.53. The summed E-state index contributed by atoms with van der Waals surface area (Å²) in [6.07, 6.45) is -1.80. The molecule has 1 aromatic heterocycles. The largest absolute Gasteiger partial charge is 0.497 e. The van der Waals surface area contributed by atoms with E-state index in [0.29, 0.717) is 34.6 Å². The van der Waals surface area contributed by atoms with Crippen LogP contribution in [0.25, 0.3) is 0 Å². The van der Waals surface area contributed by atoms with E-state index in [9.17, 15) is 19.3 Å². The van der Waals surface area contributed by atoms with E-state index in [1.165, 1.54) is 44.0 Å². The topological polar surface area (TPSA) is 183 Å². The van der Waals surface area contributed by atoms with Crippen LogP contribution in [0, 0.1) is 0 Å². The van der Waals surface area contributed by atoms with Crippen LogP contribution in [-0.2, 0) is 33.4 Å². The summed E-state index contributed by atoms with van der Waals surface area (Å²) < 4.78 is 56.4. The fourth-order valence-electron chi connectivity index (χ4n) is 7.20. The number of anilines is 1. The zero-order valence-corrected chi connectivity index (χ0v) is 37.7. The molecule has 1 fully saturated rings. The number of methoxy groups -OCH3 is 2. The monoisotopic (exact) mass is 886 g/mol. The van der Waals surface area contributed by atoms with Gasteiger partial charge in [-0.25, -0.2) is 14.2 Å². The van der Waals surface area contributed by atoms with Crippen LogP contribution >= 0.6 is 8.25 Å². The average Bonchev–Trinajstić information content (AvgIpc) is 3.57. The van der Waals surface area contributed by atoms with Crippen molar-refractivity contribution in [1.82, 2.24) is 14.5 Å². The minimum absolute atomic E-state index is 0.0383. The highest BCUT2D eigenvalue weighted by atomic mass is 31.1. The molecule has 5 atom stereocenters. The third-order valence-corrected chi connectivity index (χ3v) is 11.6. The van der Waals surface area contributed by atoms with Gasteiger partial charge < -0.3 is 43.9 Å². The Kier molecular flexibility index (Phi) is 18.0.